The van der Waals surface area contributed by atoms with E-state index >= 15 is 0 Å². The number of aromatic nitrogens is 1. The van der Waals surface area contributed by atoms with Crippen molar-refractivity contribution in [2.45, 2.75) is 38.8 Å². The smallest absolute Gasteiger partial charge is 0.270 e. The van der Waals surface area contributed by atoms with E-state index in [1.807, 2.05) is 16.4 Å². The molecule has 0 radical (unpaired) electrons. The molecule has 114 valence electrons. The number of aryl methyl sites for hydroxylation is 1. The molecule has 2 aliphatic heterocycles. The molecular weight excluding hydrogens is 290 g/mol. The zero-order valence-electron chi connectivity index (χ0n) is 12.1. The van der Waals surface area contributed by atoms with Crippen molar-refractivity contribution in [3.05, 3.63) is 23.0 Å². The Balaban J connectivity index is 1.73. The molecular formula is C15H20ClN3O2. The first-order chi connectivity index (χ1) is 10.1. The molecule has 5 nitrogen and oxygen atoms in total. The Morgan fingerprint density at radius 3 is 3.05 bits per heavy atom. The summed E-state index contributed by atoms with van der Waals surface area (Å²) < 4.78 is 1.89. The second kappa shape index (κ2) is 5.72. The molecule has 1 aromatic heterocycles. The molecule has 2 aliphatic rings. The zero-order valence-corrected chi connectivity index (χ0v) is 12.9. The van der Waals surface area contributed by atoms with Gasteiger partial charge in [-0.15, -0.1) is 0 Å². The van der Waals surface area contributed by atoms with Gasteiger partial charge in [0.25, 0.3) is 5.91 Å². The largest absolute Gasteiger partial charge is 0.353 e. The van der Waals surface area contributed by atoms with Crippen molar-refractivity contribution >= 4 is 23.4 Å². The molecule has 1 N–H and O–H groups in total. The van der Waals surface area contributed by atoms with Crippen LogP contribution in [0.1, 0.15) is 36.7 Å². The number of nitrogens with one attached hydrogen (secondary N) is 1. The standard InChI is InChI=1S/C15H20ClN3O2/c1-2-18-9-11(16)7-13(18)15(21)19-6-5-12-10(8-19)3-4-14(20)17-12/h7,9-10,12H,2-6,8H2,1H3,(H,17,20). The maximum atomic E-state index is 12.7. The minimum Gasteiger partial charge on any atom is -0.353 e. The lowest BCUT2D eigenvalue weighted by molar-refractivity contribution is -0.125. The molecule has 6 heteroatoms. The topological polar surface area (TPSA) is 54.3 Å². The number of hydrogen-bond acceptors (Lipinski definition) is 2. The molecule has 2 amide bonds. The predicted octanol–water partition coefficient (Wildman–Crippen LogP) is 1.90. The van der Waals surface area contributed by atoms with E-state index in [9.17, 15) is 9.59 Å². The van der Waals surface area contributed by atoms with Gasteiger partial charge in [0.15, 0.2) is 0 Å². The summed E-state index contributed by atoms with van der Waals surface area (Å²) in [6, 6.07) is 1.97. The third-order valence-electron chi connectivity index (χ3n) is 4.53. The van der Waals surface area contributed by atoms with Crippen molar-refractivity contribution in [3.8, 4) is 0 Å². The molecule has 2 atom stereocenters. The van der Waals surface area contributed by atoms with Crippen LogP contribution in [-0.2, 0) is 11.3 Å². The number of amides is 2. The number of nitrogens with zero attached hydrogens (tertiary/aromatic N) is 2. The lowest BCUT2D eigenvalue weighted by Gasteiger charge is -2.41. The summed E-state index contributed by atoms with van der Waals surface area (Å²) >= 11 is 6.02. The molecule has 0 spiro atoms. The SMILES string of the molecule is CCn1cc(Cl)cc1C(=O)N1CCC2NC(=O)CCC2C1. The summed E-state index contributed by atoms with van der Waals surface area (Å²) in [5.74, 6) is 0.558. The first kappa shape index (κ1) is 14.4. The molecule has 2 fully saturated rings. The lowest BCUT2D eigenvalue weighted by atomic mass is 9.85. The minimum absolute atomic E-state index is 0.0408. The number of carbonyl (C=O) groups excluding carboxylic acids is 2. The fourth-order valence-electron chi connectivity index (χ4n) is 3.37. The van der Waals surface area contributed by atoms with E-state index in [2.05, 4.69) is 5.32 Å². The third kappa shape index (κ3) is 2.79. The maximum Gasteiger partial charge on any atom is 0.270 e. The number of hydrogen-bond donors (Lipinski definition) is 1. The number of likely N-dealkylation sites (tertiary alicyclic amines) is 1. The highest BCUT2D eigenvalue weighted by molar-refractivity contribution is 6.31. The molecule has 2 unspecified atom stereocenters. The summed E-state index contributed by atoms with van der Waals surface area (Å²) in [6.07, 6.45) is 4.07. The van der Waals surface area contributed by atoms with E-state index in [4.69, 9.17) is 11.6 Å². The number of rotatable bonds is 2. The van der Waals surface area contributed by atoms with Crippen LogP contribution in [0.4, 0.5) is 0 Å². The van der Waals surface area contributed by atoms with Gasteiger partial charge in [-0.25, -0.2) is 0 Å². The van der Waals surface area contributed by atoms with Crippen LogP contribution in [0.5, 0.6) is 0 Å². The minimum atomic E-state index is 0.0408. The first-order valence-electron chi connectivity index (χ1n) is 7.52. The summed E-state index contributed by atoms with van der Waals surface area (Å²) in [7, 11) is 0. The molecule has 21 heavy (non-hydrogen) atoms. The average Bonchev–Trinajstić information content (AvgIpc) is 2.87. The first-order valence-corrected chi connectivity index (χ1v) is 7.90. The van der Waals surface area contributed by atoms with Crippen molar-refractivity contribution in [2.75, 3.05) is 13.1 Å². The molecule has 0 saturated carbocycles. The van der Waals surface area contributed by atoms with Crippen LogP contribution in [0.15, 0.2) is 12.3 Å². The van der Waals surface area contributed by atoms with Crippen LogP contribution in [0, 0.1) is 5.92 Å². The van der Waals surface area contributed by atoms with Gasteiger partial charge in [0.2, 0.25) is 5.91 Å². The fraction of sp³-hybridized carbons (Fsp3) is 0.600. The van der Waals surface area contributed by atoms with E-state index in [-0.39, 0.29) is 17.9 Å². The zero-order chi connectivity index (χ0) is 15.0. The van der Waals surface area contributed by atoms with Crippen LogP contribution in [0.3, 0.4) is 0 Å². The van der Waals surface area contributed by atoms with E-state index in [1.54, 1.807) is 12.3 Å². The van der Waals surface area contributed by atoms with Gasteiger partial charge in [0, 0.05) is 38.3 Å². The van der Waals surface area contributed by atoms with E-state index < -0.39 is 0 Å². The maximum absolute atomic E-state index is 12.7. The van der Waals surface area contributed by atoms with Gasteiger partial charge in [-0.05, 0) is 31.7 Å². The van der Waals surface area contributed by atoms with E-state index in [0.717, 1.165) is 25.9 Å². The van der Waals surface area contributed by atoms with Gasteiger partial charge in [-0.1, -0.05) is 11.6 Å². The Hall–Kier alpha value is -1.49. The van der Waals surface area contributed by atoms with Crippen LogP contribution in [0.2, 0.25) is 5.02 Å². The Labute approximate surface area is 129 Å². The molecule has 0 aromatic carbocycles. The van der Waals surface area contributed by atoms with Crippen molar-refractivity contribution < 1.29 is 9.59 Å². The quantitative estimate of drug-likeness (QED) is 0.907. The van der Waals surface area contributed by atoms with Gasteiger partial charge in [-0.3, -0.25) is 9.59 Å². The highest BCUT2D eigenvalue weighted by Gasteiger charge is 2.36. The third-order valence-corrected chi connectivity index (χ3v) is 4.74. The second-order valence-electron chi connectivity index (χ2n) is 5.84. The van der Waals surface area contributed by atoms with Crippen LogP contribution in [-0.4, -0.2) is 40.4 Å². The second-order valence-corrected chi connectivity index (χ2v) is 6.28. The fourth-order valence-corrected chi connectivity index (χ4v) is 3.59. The summed E-state index contributed by atoms with van der Waals surface area (Å²) in [5.41, 5.74) is 0.654. The van der Waals surface area contributed by atoms with Crippen molar-refractivity contribution in [1.29, 1.82) is 0 Å². The number of fused-ring (bicyclic) bond motifs is 1. The Morgan fingerprint density at radius 1 is 1.48 bits per heavy atom. The molecule has 3 rings (SSSR count). The highest BCUT2D eigenvalue weighted by Crippen LogP contribution is 2.27. The summed E-state index contributed by atoms with van der Waals surface area (Å²) in [5, 5.41) is 3.64. The number of halogens is 1. The number of piperidine rings is 2. The number of carbonyl (C=O) groups is 2. The lowest BCUT2D eigenvalue weighted by Crippen LogP contribution is -2.55. The highest BCUT2D eigenvalue weighted by atomic mass is 35.5. The molecule has 0 aliphatic carbocycles. The van der Waals surface area contributed by atoms with Crippen molar-refractivity contribution in [1.82, 2.24) is 14.8 Å². The van der Waals surface area contributed by atoms with E-state index in [0.29, 0.717) is 29.6 Å². The molecule has 3 heterocycles. The van der Waals surface area contributed by atoms with E-state index in [1.165, 1.54) is 0 Å². The van der Waals surface area contributed by atoms with Crippen molar-refractivity contribution in [3.63, 3.8) is 0 Å². The predicted molar refractivity (Wildman–Crippen MR) is 80.3 cm³/mol. The van der Waals surface area contributed by atoms with Crippen LogP contribution < -0.4 is 5.32 Å². The Bertz CT molecular complexity index is 569. The summed E-state index contributed by atoms with van der Waals surface area (Å²) in [4.78, 5) is 26.0. The van der Waals surface area contributed by atoms with Gasteiger partial charge >= 0.3 is 0 Å². The summed E-state index contributed by atoms with van der Waals surface area (Å²) in [6.45, 7) is 4.13. The normalized spacial score (nSPS) is 25.4. The van der Waals surface area contributed by atoms with Gasteiger partial charge in [0.1, 0.15) is 5.69 Å². The molecule has 1 aromatic rings. The van der Waals surface area contributed by atoms with Gasteiger partial charge in [-0.2, -0.15) is 0 Å². The van der Waals surface area contributed by atoms with Gasteiger partial charge in [0.05, 0.1) is 5.02 Å². The van der Waals surface area contributed by atoms with Crippen LogP contribution >= 0.6 is 11.6 Å². The molecule has 0 bridgehead atoms. The monoisotopic (exact) mass is 309 g/mol. The van der Waals surface area contributed by atoms with Crippen molar-refractivity contribution in [2.24, 2.45) is 5.92 Å². The van der Waals surface area contributed by atoms with Crippen LogP contribution in [0.25, 0.3) is 0 Å². The Kier molecular flexibility index (Phi) is 3.93. The average molecular weight is 310 g/mol. The van der Waals surface area contributed by atoms with Gasteiger partial charge < -0.3 is 14.8 Å². The Morgan fingerprint density at radius 2 is 2.29 bits per heavy atom. The molecule has 2 saturated heterocycles.